The van der Waals surface area contributed by atoms with Crippen LogP contribution in [0.5, 0.6) is 5.75 Å². The van der Waals surface area contributed by atoms with Gasteiger partial charge in [-0.3, -0.25) is 4.79 Å². The van der Waals surface area contributed by atoms with Crippen LogP contribution in [0.2, 0.25) is 0 Å². The SMILES string of the molecule is C[C@H](CO)c1c2c(nc3ncnn13)[C@@H](C)C1C(C[C@H]3[C@@H]4CCC5C[C@@H](O)CC[C@]5(C)[C@H]4CC(=O)[C@]13C)O2. The van der Waals surface area contributed by atoms with Gasteiger partial charge in [-0.25, -0.2) is 4.98 Å². The molecule has 2 aromatic heterocycles. The van der Waals surface area contributed by atoms with Crippen molar-refractivity contribution in [1.29, 1.82) is 0 Å². The smallest absolute Gasteiger partial charge is 0.252 e. The van der Waals surface area contributed by atoms with Gasteiger partial charge in [0.25, 0.3) is 5.78 Å². The molecule has 37 heavy (non-hydrogen) atoms. The Bertz CT molecular complexity index is 1260. The quantitative estimate of drug-likeness (QED) is 0.633. The number of carbonyl (C=O) groups excluding carboxylic acids is 1. The van der Waals surface area contributed by atoms with Gasteiger partial charge in [0.1, 0.15) is 18.2 Å². The minimum Gasteiger partial charge on any atom is -0.486 e. The molecule has 3 heterocycles. The Morgan fingerprint density at radius 2 is 2.03 bits per heavy atom. The fourth-order valence-electron chi connectivity index (χ4n) is 10.1. The predicted octanol–water partition coefficient (Wildman–Crippen LogP) is 3.89. The van der Waals surface area contributed by atoms with Gasteiger partial charge in [-0.15, -0.1) is 0 Å². The van der Waals surface area contributed by atoms with Crippen LogP contribution >= 0.6 is 0 Å². The number of aliphatic hydroxyl groups excluding tert-OH is 2. The molecule has 7 rings (SSSR count). The van der Waals surface area contributed by atoms with E-state index in [4.69, 9.17) is 9.72 Å². The third-order valence-corrected chi connectivity index (χ3v) is 12.0. The molecule has 4 saturated carbocycles. The van der Waals surface area contributed by atoms with Crippen molar-refractivity contribution in [1.82, 2.24) is 19.6 Å². The van der Waals surface area contributed by atoms with E-state index in [0.29, 0.717) is 41.7 Å². The summed E-state index contributed by atoms with van der Waals surface area (Å²) in [5.41, 5.74) is 1.39. The lowest BCUT2D eigenvalue weighted by atomic mass is 9.44. The topological polar surface area (TPSA) is 110 Å². The number of fused-ring (bicyclic) bond motifs is 9. The van der Waals surface area contributed by atoms with Gasteiger partial charge in [0.05, 0.1) is 24.1 Å². The molecule has 0 aromatic carbocycles. The van der Waals surface area contributed by atoms with Gasteiger partial charge in [-0.05, 0) is 67.6 Å². The molecule has 0 spiro atoms. The van der Waals surface area contributed by atoms with Crippen LogP contribution in [-0.4, -0.2) is 54.4 Å². The van der Waals surface area contributed by atoms with Crippen molar-refractivity contribution in [2.75, 3.05) is 6.61 Å². The van der Waals surface area contributed by atoms with Gasteiger partial charge >= 0.3 is 0 Å². The molecular formula is C29H40N4O4. The van der Waals surface area contributed by atoms with Crippen molar-refractivity contribution in [2.45, 2.75) is 96.7 Å². The van der Waals surface area contributed by atoms with Gasteiger partial charge < -0.3 is 14.9 Å². The average molecular weight is 509 g/mol. The van der Waals surface area contributed by atoms with Crippen LogP contribution in [-0.2, 0) is 4.79 Å². The summed E-state index contributed by atoms with van der Waals surface area (Å²) >= 11 is 0. The maximum Gasteiger partial charge on any atom is 0.252 e. The average Bonchev–Trinajstić information content (AvgIpc) is 3.46. The summed E-state index contributed by atoms with van der Waals surface area (Å²) in [7, 11) is 0. The number of aromatic nitrogens is 4. The van der Waals surface area contributed by atoms with Gasteiger partial charge in [-0.2, -0.15) is 14.6 Å². The van der Waals surface area contributed by atoms with Crippen LogP contribution in [0.4, 0.5) is 0 Å². The van der Waals surface area contributed by atoms with Crippen LogP contribution in [0.25, 0.3) is 5.78 Å². The minimum absolute atomic E-state index is 0.0196. The van der Waals surface area contributed by atoms with E-state index in [2.05, 4.69) is 30.9 Å². The first-order valence-corrected chi connectivity index (χ1v) is 14.4. The van der Waals surface area contributed by atoms with Crippen LogP contribution < -0.4 is 4.74 Å². The molecule has 3 unspecified atom stereocenters. The van der Waals surface area contributed by atoms with Crippen LogP contribution in [0.15, 0.2) is 6.33 Å². The van der Waals surface area contributed by atoms with E-state index in [1.807, 2.05) is 6.92 Å². The van der Waals surface area contributed by atoms with E-state index in [9.17, 15) is 15.0 Å². The molecule has 11 atom stereocenters. The van der Waals surface area contributed by atoms with Crippen LogP contribution in [0, 0.1) is 40.4 Å². The summed E-state index contributed by atoms with van der Waals surface area (Å²) in [4.78, 5) is 23.5. The number of hydrogen-bond acceptors (Lipinski definition) is 7. The van der Waals surface area contributed by atoms with E-state index in [0.717, 1.165) is 55.7 Å². The van der Waals surface area contributed by atoms with Crippen LogP contribution in [0.1, 0.15) is 95.9 Å². The second-order valence-corrected chi connectivity index (χ2v) is 13.5. The lowest BCUT2D eigenvalue weighted by molar-refractivity contribution is -0.160. The number of aliphatic hydroxyl groups is 2. The molecule has 5 aliphatic rings. The molecular weight excluding hydrogens is 468 g/mol. The van der Waals surface area contributed by atoms with Gasteiger partial charge in [0.15, 0.2) is 5.75 Å². The Hall–Kier alpha value is -2.06. The summed E-state index contributed by atoms with van der Waals surface area (Å²) in [6.45, 7) is 8.81. The maximum absolute atomic E-state index is 14.3. The standard InChI is InChI=1S/C29H40N4O4/c1-14(12-34)25-26-24(32-27-30-13-31-33(25)27)15(2)23-21(37-26)10-20-18-6-5-16-9-17(35)7-8-28(16,3)19(18)11-22(36)29(20,23)4/h13-21,23,34-35H,5-12H2,1-4H3/t14-,15+,16?,17+,18-,19+,20+,21?,23?,28+,29-/m1/s1. The van der Waals surface area contributed by atoms with Gasteiger partial charge in [-0.1, -0.05) is 27.7 Å². The molecule has 8 heteroatoms. The fraction of sp³-hybridized carbons (Fsp3) is 0.793. The number of Topliss-reactive ketones (excluding diaryl/α,β-unsaturated/α-hetero) is 1. The second-order valence-electron chi connectivity index (χ2n) is 13.5. The molecule has 4 fully saturated rings. The number of nitrogens with zero attached hydrogens (tertiary/aromatic N) is 4. The Morgan fingerprint density at radius 1 is 1.22 bits per heavy atom. The third kappa shape index (κ3) is 3.03. The summed E-state index contributed by atoms with van der Waals surface area (Å²) in [5, 5.41) is 24.8. The molecule has 200 valence electrons. The number of carbonyl (C=O) groups is 1. The maximum atomic E-state index is 14.3. The molecule has 8 nitrogen and oxygen atoms in total. The normalized spacial score (nSPS) is 45.3. The predicted molar refractivity (Wildman–Crippen MR) is 136 cm³/mol. The first-order valence-electron chi connectivity index (χ1n) is 14.4. The van der Waals surface area contributed by atoms with Crippen molar-refractivity contribution in [2.24, 2.45) is 40.4 Å². The molecule has 0 saturated heterocycles. The molecule has 2 aromatic rings. The molecule has 0 bridgehead atoms. The Balaban J connectivity index is 1.29. The van der Waals surface area contributed by atoms with Crippen molar-refractivity contribution < 1.29 is 19.7 Å². The Labute approximate surface area is 218 Å². The molecule has 1 aliphatic heterocycles. The minimum atomic E-state index is -0.426. The zero-order chi connectivity index (χ0) is 25.9. The molecule has 0 radical (unpaired) electrons. The number of ketones is 1. The first-order chi connectivity index (χ1) is 17.7. The van der Waals surface area contributed by atoms with Crippen molar-refractivity contribution >= 4 is 11.6 Å². The zero-order valence-electron chi connectivity index (χ0n) is 22.4. The van der Waals surface area contributed by atoms with E-state index < -0.39 is 5.41 Å². The molecule has 4 aliphatic carbocycles. The largest absolute Gasteiger partial charge is 0.486 e. The first kappa shape index (κ1) is 24.0. The lowest BCUT2D eigenvalue weighted by Gasteiger charge is -2.60. The highest BCUT2D eigenvalue weighted by atomic mass is 16.5. The monoisotopic (exact) mass is 508 g/mol. The lowest BCUT2D eigenvalue weighted by Crippen LogP contribution is -2.57. The molecule has 2 N–H and O–H groups in total. The second kappa shape index (κ2) is 7.98. The Kier molecular flexibility index (Phi) is 5.18. The number of hydrogen-bond donors (Lipinski definition) is 2. The van der Waals surface area contributed by atoms with E-state index in [-0.39, 0.29) is 42.0 Å². The number of rotatable bonds is 2. The summed E-state index contributed by atoms with van der Waals surface area (Å²) in [5.74, 6) is 3.35. The summed E-state index contributed by atoms with van der Waals surface area (Å²) in [6.07, 6.45) is 7.91. The fourth-order valence-corrected chi connectivity index (χ4v) is 10.1. The van der Waals surface area contributed by atoms with E-state index in [1.165, 1.54) is 6.33 Å². The Morgan fingerprint density at radius 3 is 2.81 bits per heavy atom. The number of ether oxygens (including phenoxy) is 1. The zero-order valence-corrected chi connectivity index (χ0v) is 22.4. The van der Waals surface area contributed by atoms with E-state index in [1.54, 1.807) is 4.52 Å². The highest BCUT2D eigenvalue weighted by Crippen LogP contribution is 2.69. The summed E-state index contributed by atoms with van der Waals surface area (Å²) < 4.78 is 8.55. The van der Waals surface area contributed by atoms with Gasteiger partial charge in [0, 0.05) is 29.6 Å². The molecule has 0 amide bonds. The highest BCUT2D eigenvalue weighted by Gasteiger charge is 2.68. The summed E-state index contributed by atoms with van der Waals surface area (Å²) in [6, 6.07) is 0. The van der Waals surface area contributed by atoms with Crippen molar-refractivity contribution in [3.8, 4) is 5.75 Å². The third-order valence-electron chi connectivity index (χ3n) is 12.0. The van der Waals surface area contributed by atoms with E-state index >= 15 is 0 Å². The van der Waals surface area contributed by atoms with Crippen molar-refractivity contribution in [3.63, 3.8) is 0 Å². The van der Waals surface area contributed by atoms with Crippen LogP contribution in [0.3, 0.4) is 0 Å². The highest BCUT2D eigenvalue weighted by molar-refractivity contribution is 5.87. The van der Waals surface area contributed by atoms with Crippen molar-refractivity contribution in [3.05, 3.63) is 17.7 Å². The van der Waals surface area contributed by atoms with Gasteiger partial charge in [0.2, 0.25) is 0 Å².